The average molecular weight is 369 g/mol. The van der Waals surface area contributed by atoms with Gasteiger partial charge in [-0.1, -0.05) is 0 Å². The van der Waals surface area contributed by atoms with E-state index in [-0.39, 0.29) is 6.54 Å². The van der Waals surface area contributed by atoms with Gasteiger partial charge in [-0.2, -0.15) is 0 Å². The minimum Gasteiger partial charge on any atom is -0.490 e. The number of guanidine groups is 1. The molecule has 0 aliphatic carbocycles. The van der Waals surface area contributed by atoms with Crippen LogP contribution in [-0.4, -0.2) is 51.7 Å². The Bertz CT molecular complexity index is 729. The fourth-order valence-corrected chi connectivity index (χ4v) is 2.37. The smallest absolute Gasteiger partial charge is 0.195 e. The van der Waals surface area contributed by atoms with E-state index >= 15 is 0 Å². The van der Waals surface area contributed by atoms with Crippen molar-refractivity contribution in [3.63, 3.8) is 0 Å². The van der Waals surface area contributed by atoms with Crippen molar-refractivity contribution in [1.82, 2.24) is 5.32 Å². The number of hydrogen-bond donors (Lipinski definition) is 2. The molecule has 0 bridgehead atoms. The first kappa shape index (κ1) is 19.4. The van der Waals surface area contributed by atoms with Gasteiger partial charge in [0.1, 0.15) is 0 Å². The van der Waals surface area contributed by atoms with Gasteiger partial charge in [-0.15, -0.1) is 0 Å². The third kappa shape index (κ3) is 5.26. The Hall–Kier alpha value is -1.96. The number of fused-ring (bicyclic) bond motifs is 1. The minimum atomic E-state index is -3.20. The third-order valence-electron chi connectivity index (χ3n) is 3.98. The maximum absolute atomic E-state index is 11.8. The zero-order valence-corrected chi connectivity index (χ0v) is 16.1. The van der Waals surface area contributed by atoms with Gasteiger partial charge in [0.15, 0.2) is 27.3 Å². The summed E-state index contributed by atoms with van der Waals surface area (Å²) in [7, 11) is -3.20. The molecule has 0 amide bonds. The highest BCUT2D eigenvalue weighted by atomic mass is 32.2. The van der Waals surface area contributed by atoms with Gasteiger partial charge in [-0.25, -0.2) is 8.42 Å². The SMILES string of the molecule is CCNC(=NCC(C)(C)S(C)(=O)=O)Nc1ccc2c(c1)OCCCO2. The van der Waals surface area contributed by atoms with Crippen molar-refractivity contribution in [3.05, 3.63) is 18.2 Å². The van der Waals surface area contributed by atoms with Crippen molar-refractivity contribution in [1.29, 1.82) is 0 Å². The zero-order chi connectivity index (χ0) is 18.5. The van der Waals surface area contributed by atoms with Crippen molar-refractivity contribution in [2.75, 3.05) is 37.9 Å². The van der Waals surface area contributed by atoms with E-state index in [0.29, 0.717) is 31.5 Å². The van der Waals surface area contributed by atoms with Crippen LogP contribution in [0.4, 0.5) is 5.69 Å². The van der Waals surface area contributed by atoms with Crippen LogP contribution >= 0.6 is 0 Å². The zero-order valence-electron chi connectivity index (χ0n) is 15.3. The Labute approximate surface area is 149 Å². The van der Waals surface area contributed by atoms with Crippen molar-refractivity contribution in [2.24, 2.45) is 4.99 Å². The highest BCUT2D eigenvalue weighted by Crippen LogP contribution is 2.32. The lowest BCUT2D eigenvalue weighted by molar-refractivity contribution is 0.297. The second kappa shape index (κ2) is 7.95. The fourth-order valence-electron chi connectivity index (χ4n) is 2.07. The molecule has 0 spiro atoms. The first-order chi connectivity index (χ1) is 11.7. The monoisotopic (exact) mass is 369 g/mol. The highest BCUT2D eigenvalue weighted by molar-refractivity contribution is 7.92. The molecule has 1 heterocycles. The average Bonchev–Trinajstić information content (AvgIpc) is 2.76. The number of benzene rings is 1. The Kier molecular flexibility index (Phi) is 6.16. The van der Waals surface area contributed by atoms with Crippen molar-refractivity contribution in [2.45, 2.75) is 31.9 Å². The van der Waals surface area contributed by atoms with Crippen LogP contribution in [0.2, 0.25) is 0 Å². The molecule has 7 nitrogen and oxygen atoms in total. The lowest BCUT2D eigenvalue weighted by atomic mass is 10.2. The summed E-state index contributed by atoms with van der Waals surface area (Å²) in [4.78, 5) is 4.42. The standard InChI is InChI=1S/C17H27N3O4S/c1-5-18-16(19-12-17(2,3)25(4,21)22)20-13-7-8-14-15(11-13)24-10-6-9-23-14/h7-8,11H,5-6,9-10,12H2,1-4H3,(H2,18,19,20). The van der Waals surface area contributed by atoms with Crippen molar-refractivity contribution < 1.29 is 17.9 Å². The number of nitrogens with one attached hydrogen (secondary N) is 2. The number of nitrogens with zero attached hydrogens (tertiary/aromatic N) is 1. The van der Waals surface area contributed by atoms with Crippen LogP contribution in [0.5, 0.6) is 11.5 Å². The number of hydrogen-bond acceptors (Lipinski definition) is 5. The van der Waals surface area contributed by atoms with Gasteiger partial charge >= 0.3 is 0 Å². The van der Waals surface area contributed by atoms with Gasteiger partial charge in [-0.05, 0) is 32.9 Å². The highest BCUT2D eigenvalue weighted by Gasteiger charge is 2.30. The molecular weight excluding hydrogens is 342 g/mol. The molecule has 0 atom stereocenters. The number of sulfone groups is 1. The Morgan fingerprint density at radius 2 is 1.92 bits per heavy atom. The summed E-state index contributed by atoms with van der Waals surface area (Å²) >= 11 is 0. The number of aliphatic imine (C=N–C) groups is 1. The topological polar surface area (TPSA) is 89.0 Å². The van der Waals surface area contributed by atoms with Gasteiger partial charge in [0.05, 0.1) is 24.5 Å². The predicted molar refractivity (Wildman–Crippen MR) is 101 cm³/mol. The number of anilines is 1. The molecule has 0 aromatic heterocycles. The molecule has 0 saturated carbocycles. The molecule has 1 aliphatic heterocycles. The molecule has 140 valence electrons. The normalized spacial score (nSPS) is 15.4. The third-order valence-corrected chi connectivity index (χ3v) is 6.11. The first-order valence-electron chi connectivity index (χ1n) is 8.37. The molecule has 0 unspecified atom stereocenters. The summed E-state index contributed by atoms with van der Waals surface area (Å²) in [6.07, 6.45) is 2.08. The summed E-state index contributed by atoms with van der Waals surface area (Å²) < 4.78 is 34.0. The van der Waals surface area contributed by atoms with Crippen LogP contribution in [0, 0.1) is 0 Å². The van der Waals surface area contributed by atoms with E-state index in [1.165, 1.54) is 6.26 Å². The molecule has 1 aliphatic rings. The molecule has 2 rings (SSSR count). The molecule has 1 aromatic rings. The van der Waals surface area contributed by atoms with Gasteiger partial charge in [0, 0.05) is 31.0 Å². The van der Waals surface area contributed by atoms with Crippen LogP contribution in [0.3, 0.4) is 0 Å². The predicted octanol–water partition coefficient (Wildman–Crippen LogP) is 2.05. The van der Waals surface area contributed by atoms with Crippen LogP contribution in [0.1, 0.15) is 27.2 Å². The van der Waals surface area contributed by atoms with E-state index in [9.17, 15) is 8.42 Å². The van der Waals surface area contributed by atoms with Gasteiger partial charge in [0.2, 0.25) is 0 Å². The minimum absolute atomic E-state index is 0.158. The van der Waals surface area contributed by atoms with Gasteiger partial charge in [-0.3, -0.25) is 4.99 Å². The van der Waals surface area contributed by atoms with Crippen LogP contribution < -0.4 is 20.1 Å². The Morgan fingerprint density at radius 3 is 2.56 bits per heavy atom. The second-order valence-electron chi connectivity index (χ2n) is 6.56. The van der Waals surface area contributed by atoms with Gasteiger partial charge in [0.25, 0.3) is 0 Å². The van der Waals surface area contributed by atoms with Crippen LogP contribution in [0.15, 0.2) is 23.2 Å². The summed E-state index contributed by atoms with van der Waals surface area (Å²) in [6.45, 7) is 7.37. The Morgan fingerprint density at radius 1 is 1.24 bits per heavy atom. The van der Waals surface area contributed by atoms with Crippen LogP contribution in [0.25, 0.3) is 0 Å². The molecule has 0 fully saturated rings. The van der Waals surface area contributed by atoms with Gasteiger partial charge < -0.3 is 20.1 Å². The van der Waals surface area contributed by atoms with E-state index in [2.05, 4.69) is 15.6 Å². The maximum atomic E-state index is 11.8. The van der Waals surface area contributed by atoms with E-state index < -0.39 is 14.6 Å². The molecule has 0 saturated heterocycles. The molecule has 0 radical (unpaired) electrons. The summed E-state index contributed by atoms with van der Waals surface area (Å²) in [5.41, 5.74) is 0.793. The Balaban J connectivity index is 2.16. The number of rotatable bonds is 5. The van der Waals surface area contributed by atoms with E-state index in [0.717, 1.165) is 17.9 Å². The van der Waals surface area contributed by atoms with Crippen molar-refractivity contribution >= 4 is 21.5 Å². The molecular formula is C17H27N3O4S. The lowest BCUT2D eigenvalue weighted by Gasteiger charge is -2.21. The molecule has 2 N–H and O–H groups in total. The van der Waals surface area contributed by atoms with E-state index in [4.69, 9.17) is 9.47 Å². The molecule has 25 heavy (non-hydrogen) atoms. The van der Waals surface area contributed by atoms with Crippen LogP contribution in [-0.2, 0) is 9.84 Å². The lowest BCUT2D eigenvalue weighted by Crippen LogP contribution is -2.37. The van der Waals surface area contributed by atoms with E-state index in [1.54, 1.807) is 13.8 Å². The number of ether oxygens (including phenoxy) is 2. The maximum Gasteiger partial charge on any atom is 0.195 e. The fraction of sp³-hybridized carbons (Fsp3) is 0.588. The van der Waals surface area contributed by atoms with E-state index in [1.807, 2.05) is 25.1 Å². The summed E-state index contributed by atoms with van der Waals surface area (Å²) in [5.74, 6) is 1.94. The largest absolute Gasteiger partial charge is 0.490 e. The molecule has 1 aromatic carbocycles. The first-order valence-corrected chi connectivity index (χ1v) is 10.3. The summed E-state index contributed by atoms with van der Waals surface area (Å²) in [5, 5.41) is 6.30. The summed E-state index contributed by atoms with van der Waals surface area (Å²) in [6, 6.07) is 5.59. The quantitative estimate of drug-likeness (QED) is 0.610. The molecule has 8 heteroatoms. The second-order valence-corrected chi connectivity index (χ2v) is 9.21. The van der Waals surface area contributed by atoms with Crippen molar-refractivity contribution in [3.8, 4) is 11.5 Å².